The maximum Gasteiger partial charge on any atom is 0.253 e. The van der Waals surface area contributed by atoms with E-state index in [9.17, 15) is 14.7 Å². The Kier molecular flexibility index (Phi) is 5.32. The number of aryl methyl sites for hydroxylation is 1. The first-order valence-corrected chi connectivity index (χ1v) is 10.4. The lowest BCUT2D eigenvalue weighted by Crippen LogP contribution is -2.53. The number of benzene rings is 1. The van der Waals surface area contributed by atoms with Crippen LogP contribution >= 0.6 is 0 Å². The summed E-state index contributed by atoms with van der Waals surface area (Å²) in [6.45, 7) is 5.58. The fourth-order valence-corrected chi connectivity index (χ4v) is 4.87. The van der Waals surface area contributed by atoms with Crippen LogP contribution in [0.3, 0.4) is 0 Å². The maximum atomic E-state index is 12.8. The number of ether oxygens (including phenoxy) is 1. The molecule has 6 nitrogen and oxygen atoms in total. The minimum Gasteiger partial charge on any atom is -0.508 e. The van der Waals surface area contributed by atoms with Crippen molar-refractivity contribution in [1.82, 2.24) is 9.80 Å². The molecule has 1 spiro atoms. The number of phenols is 1. The molecule has 4 rings (SSSR count). The van der Waals surface area contributed by atoms with Crippen molar-refractivity contribution >= 4 is 11.8 Å². The molecule has 3 fully saturated rings. The van der Waals surface area contributed by atoms with E-state index in [1.54, 1.807) is 25.1 Å². The summed E-state index contributed by atoms with van der Waals surface area (Å²) in [6.07, 6.45) is 5.73. The van der Waals surface area contributed by atoms with Crippen LogP contribution in [0.4, 0.5) is 0 Å². The Morgan fingerprint density at radius 1 is 1.29 bits per heavy atom. The number of amides is 2. The lowest BCUT2D eigenvalue weighted by atomic mass is 9.72. The van der Waals surface area contributed by atoms with E-state index in [2.05, 4.69) is 0 Å². The number of piperidine rings is 2. The number of carbonyl (C=O) groups is 2. The number of hydrogen-bond acceptors (Lipinski definition) is 4. The number of hydrogen-bond donors (Lipinski definition) is 1. The van der Waals surface area contributed by atoms with Gasteiger partial charge in [0.15, 0.2) is 0 Å². The molecule has 2 amide bonds. The van der Waals surface area contributed by atoms with Crippen LogP contribution in [0.15, 0.2) is 18.2 Å². The monoisotopic (exact) mass is 386 g/mol. The molecule has 3 aliphatic rings. The Hall–Kier alpha value is -2.08. The van der Waals surface area contributed by atoms with Crippen molar-refractivity contribution in [3.05, 3.63) is 29.3 Å². The second kappa shape index (κ2) is 7.74. The molecule has 0 radical (unpaired) electrons. The number of rotatable bonds is 3. The first-order valence-electron chi connectivity index (χ1n) is 10.4. The van der Waals surface area contributed by atoms with Gasteiger partial charge < -0.3 is 19.6 Å². The summed E-state index contributed by atoms with van der Waals surface area (Å²) in [4.78, 5) is 29.2. The van der Waals surface area contributed by atoms with Gasteiger partial charge >= 0.3 is 0 Å². The summed E-state index contributed by atoms with van der Waals surface area (Å²) in [7, 11) is 0. The second-order valence-electron chi connectivity index (χ2n) is 8.70. The minimum absolute atomic E-state index is 0.0287. The Morgan fingerprint density at radius 2 is 2.07 bits per heavy atom. The standard InChI is InChI=1S/C22H30N2O4/c1-16-13-17(4-5-19(16)25)21(27)23-10-8-22(9-11-23)7-6-20(26)24(15-22)14-18-3-2-12-28-18/h4-5,13,18,25H,2-3,6-12,14-15H2,1H3/t18-/m0/s1. The highest BCUT2D eigenvalue weighted by molar-refractivity contribution is 5.94. The average molecular weight is 386 g/mol. The summed E-state index contributed by atoms with van der Waals surface area (Å²) in [5, 5.41) is 9.68. The number of aromatic hydroxyl groups is 1. The Morgan fingerprint density at radius 3 is 2.75 bits per heavy atom. The number of likely N-dealkylation sites (tertiary alicyclic amines) is 2. The highest BCUT2D eigenvalue weighted by atomic mass is 16.5. The van der Waals surface area contributed by atoms with Gasteiger partial charge in [0.1, 0.15) is 5.75 Å². The van der Waals surface area contributed by atoms with Crippen LogP contribution in [0.5, 0.6) is 5.75 Å². The Labute approximate surface area is 166 Å². The largest absolute Gasteiger partial charge is 0.508 e. The van der Waals surface area contributed by atoms with E-state index < -0.39 is 0 Å². The molecule has 3 saturated heterocycles. The van der Waals surface area contributed by atoms with E-state index >= 15 is 0 Å². The van der Waals surface area contributed by atoms with E-state index in [-0.39, 0.29) is 29.1 Å². The fraction of sp³-hybridized carbons (Fsp3) is 0.636. The van der Waals surface area contributed by atoms with Crippen molar-refractivity contribution in [3.63, 3.8) is 0 Å². The van der Waals surface area contributed by atoms with E-state index in [1.165, 1.54) is 0 Å². The van der Waals surface area contributed by atoms with Gasteiger partial charge in [-0.05, 0) is 68.2 Å². The predicted molar refractivity (Wildman–Crippen MR) is 105 cm³/mol. The lowest BCUT2D eigenvalue weighted by molar-refractivity contribution is -0.141. The zero-order chi connectivity index (χ0) is 19.7. The quantitative estimate of drug-likeness (QED) is 0.867. The smallest absolute Gasteiger partial charge is 0.253 e. The molecule has 1 N–H and O–H groups in total. The molecular formula is C22H30N2O4. The van der Waals surface area contributed by atoms with Crippen LogP contribution < -0.4 is 0 Å². The summed E-state index contributed by atoms with van der Waals surface area (Å²) in [5.41, 5.74) is 1.48. The van der Waals surface area contributed by atoms with E-state index in [1.807, 2.05) is 9.80 Å². The lowest BCUT2D eigenvalue weighted by Gasteiger charge is -2.47. The average Bonchev–Trinajstić information content (AvgIpc) is 3.20. The summed E-state index contributed by atoms with van der Waals surface area (Å²) >= 11 is 0. The second-order valence-corrected chi connectivity index (χ2v) is 8.70. The van der Waals surface area contributed by atoms with E-state index in [4.69, 9.17) is 4.74 Å². The maximum absolute atomic E-state index is 12.8. The Bertz CT molecular complexity index is 749. The molecule has 0 unspecified atom stereocenters. The van der Waals surface area contributed by atoms with Gasteiger partial charge in [-0.15, -0.1) is 0 Å². The van der Waals surface area contributed by atoms with Gasteiger partial charge in [-0.3, -0.25) is 9.59 Å². The Balaban J connectivity index is 1.37. The first kappa shape index (κ1) is 19.2. The fourth-order valence-electron chi connectivity index (χ4n) is 4.87. The van der Waals surface area contributed by atoms with Crippen molar-refractivity contribution in [3.8, 4) is 5.75 Å². The van der Waals surface area contributed by atoms with Gasteiger partial charge in [0.25, 0.3) is 5.91 Å². The molecular weight excluding hydrogens is 356 g/mol. The molecule has 152 valence electrons. The van der Waals surface area contributed by atoms with E-state index in [0.717, 1.165) is 70.5 Å². The van der Waals surface area contributed by atoms with Gasteiger partial charge in [-0.2, -0.15) is 0 Å². The van der Waals surface area contributed by atoms with Crippen LogP contribution in [-0.4, -0.2) is 65.6 Å². The number of nitrogens with zero attached hydrogens (tertiary/aromatic N) is 2. The zero-order valence-corrected chi connectivity index (χ0v) is 16.7. The van der Waals surface area contributed by atoms with Crippen molar-refractivity contribution in [2.24, 2.45) is 5.41 Å². The molecule has 0 saturated carbocycles. The molecule has 1 aromatic carbocycles. The number of phenolic OH excluding ortho intramolecular Hbond substituents is 1. The third kappa shape index (κ3) is 3.88. The molecule has 0 bridgehead atoms. The van der Waals surface area contributed by atoms with Gasteiger partial charge in [0, 0.05) is 44.8 Å². The first-order chi connectivity index (χ1) is 13.5. The van der Waals surface area contributed by atoms with Crippen LogP contribution in [0.2, 0.25) is 0 Å². The van der Waals surface area contributed by atoms with Gasteiger partial charge in [0.05, 0.1) is 6.10 Å². The molecule has 1 aromatic rings. The highest BCUT2D eigenvalue weighted by Gasteiger charge is 2.42. The zero-order valence-electron chi connectivity index (χ0n) is 16.7. The highest BCUT2D eigenvalue weighted by Crippen LogP contribution is 2.40. The molecule has 1 atom stereocenters. The summed E-state index contributed by atoms with van der Waals surface area (Å²) < 4.78 is 5.73. The summed E-state index contributed by atoms with van der Waals surface area (Å²) in [5.74, 6) is 0.493. The SMILES string of the molecule is Cc1cc(C(=O)N2CCC3(CCC(=O)N(C[C@@H]4CCCO4)C3)CC2)ccc1O. The number of carbonyl (C=O) groups excluding carboxylic acids is 2. The van der Waals surface area contributed by atoms with Crippen molar-refractivity contribution < 1.29 is 19.4 Å². The molecule has 6 heteroatoms. The van der Waals surface area contributed by atoms with Crippen LogP contribution in [0.25, 0.3) is 0 Å². The topological polar surface area (TPSA) is 70.1 Å². The van der Waals surface area contributed by atoms with Crippen molar-refractivity contribution in [2.75, 3.05) is 32.8 Å². The van der Waals surface area contributed by atoms with Crippen LogP contribution in [-0.2, 0) is 9.53 Å². The molecule has 3 heterocycles. The minimum atomic E-state index is 0.0287. The van der Waals surface area contributed by atoms with Crippen molar-refractivity contribution in [2.45, 2.75) is 51.6 Å². The normalized spacial score (nSPS) is 24.8. The third-order valence-electron chi connectivity index (χ3n) is 6.75. The molecule has 0 aromatic heterocycles. The predicted octanol–water partition coefficient (Wildman–Crippen LogP) is 2.72. The molecule has 3 aliphatic heterocycles. The summed E-state index contributed by atoms with van der Waals surface area (Å²) in [6, 6.07) is 5.03. The van der Waals surface area contributed by atoms with E-state index in [0.29, 0.717) is 12.0 Å². The van der Waals surface area contributed by atoms with Gasteiger partial charge in [0.2, 0.25) is 5.91 Å². The molecule has 28 heavy (non-hydrogen) atoms. The van der Waals surface area contributed by atoms with Crippen LogP contribution in [0.1, 0.15) is 54.4 Å². The third-order valence-corrected chi connectivity index (χ3v) is 6.75. The molecule has 0 aliphatic carbocycles. The van der Waals surface area contributed by atoms with Crippen molar-refractivity contribution in [1.29, 1.82) is 0 Å². The van der Waals surface area contributed by atoms with Gasteiger partial charge in [-0.25, -0.2) is 0 Å². The van der Waals surface area contributed by atoms with Crippen LogP contribution in [0, 0.1) is 12.3 Å². The van der Waals surface area contributed by atoms with Gasteiger partial charge in [-0.1, -0.05) is 0 Å².